The first-order chi connectivity index (χ1) is 19.2. The van der Waals surface area contributed by atoms with E-state index in [9.17, 15) is 19.5 Å². The predicted octanol–water partition coefficient (Wildman–Crippen LogP) is 5.57. The molecule has 1 aromatic heterocycles. The number of amides is 2. The molecule has 0 radical (unpaired) electrons. The molecule has 9 nitrogen and oxygen atoms in total. The van der Waals surface area contributed by atoms with E-state index in [2.05, 4.69) is 16.2 Å². The summed E-state index contributed by atoms with van der Waals surface area (Å²) in [6, 6.07) is 8.95. The Balaban J connectivity index is 2.24. The van der Waals surface area contributed by atoms with Crippen molar-refractivity contribution in [3.8, 4) is 12.3 Å². The van der Waals surface area contributed by atoms with Crippen LogP contribution in [-0.2, 0) is 20.7 Å². The summed E-state index contributed by atoms with van der Waals surface area (Å²) in [5.74, 6) is 0.606. The summed E-state index contributed by atoms with van der Waals surface area (Å²) in [6.07, 6.45) is 5.64. The molecule has 0 bridgehead atoms. The number of hydrogen-bond acceptors (Lipinski definition) is 7. The third kappa shape index (κ3) is 11.2. The van der Waals surface area contributed by atoms with Gasteiger partial charge in [0.25, 0.3) is 5.91 Å². The van der Waals surface area contributed by atoms with Gasteiger partial charge in [0.2, 0.25) is 0 Å². The van der Waals surface area contributed by atoms with Gasteiger partial charge in [-0.2, -0.15) is 0 Å². The van der Waals surface area contributed by atoms with Crippen molar-refractivity contribution in [2.45, 2.75) is 84.6 Å². The highest BCUT2D eigenvalue weighted by Crippen LogP contribution is 2.30. The lowest BCUT2D eigenvalue weighted by Crippen LogP contribution is -2.44. The highest BCUT2D eigenvalue weighted by Gasteiger charge is 2.32. The number of thiazole rings is 1. The normalized spacial score (nSPS) is 14.4. The van der Waals surface area contributed by atoms with E-state index >= 15 is 0 Å². The maximum absolute atomic E-state index is 13.3. The van der Waals surface area contributed by atoms with Crippen LogP contribution in [0.4, 0.5) is 4.79 Å². The minimum atomic E-state index is -0.919. The average molecular weight is 586 g/mol. The van der Waals surface area contributed by atoms with Crippen LogP contribution in [-0.4, -0.2) is 64.3 Å². The number of hydrogen-bond donors (Lipinski definition) is 2. The molecule has 10 heteroatoms. The Morgan fingerprint density at radius 2 is 1.80 bits per heavy atom. The van der Waals surface area contributed by atoms with Crippen LogP contribution in [0.5, 0.6) is 0 Å². The minimum absolute atomic E-state index is 0.0406. The highest BCUT2D eigenvalue weighted by molar-refractivity contribution is 7.09. The van der Waals surface area contributed by atoms with Gasteiger partial charge in [-0.05, 0) is 45.1 Å². The first-order valence-electron chi connectivity index (χ1n) is 13.8. The Hall–Kier alpha value is -3.42. The van der Waals surface area contributed by atoms with E-state index in [1.54, 1.807) is 24.3 Å². The second-order valence-corrected chi connectivity index (χ2v) is 12.4. The van der Waals surface area contributed by atoms with Crippen LogP contribution in [0.3, 0.4) is 0 Å². The third-order valence-electron chi connectivity index (χ3n) is 6.52. The van der Waals surface area contributed by atoms with E-state index in [0.717, 1.165) is 5.56 Å². The molecular weight excluding hydrogens is 542 g/mol. The molecule has 2 rings (SSSR count). The van der Waals surface area contributed by atoms with Crippen molar-refractivity contribution in [2.75, 3.05) is 13.7 Å². The zero-order valence-corrected chi connectivity index (χ0v) is 25.9. The second-order valence-electron chi connectivity index (χ2n) is 11.5. The fourth-order valence-electron chi connectivity index (χ4n) is 4.37. The van der Waals surface area contributed by atoms with Gasteiger partial charge in [0.1, 0.15) is 29.0 Å². The summed E-state index contributed by atoms with van der Waals surface area (Å²) in [5, 5.41) is 14.6. The average Bonchev–Trinajstić information content (AvgIpc) is 3.38. The summed E-state index contributed by atoms with van der Waals surface area (Å²) < 4.78 is 11.5. The fraction of sp³-hybridized carbons (Fsp3) is 0.548. The summed E-state index contributed by atoms with van der Waals surface area (Å²) >= 11 is 1.28. The number of nitrogens with one attached hydrogen (secondary N) is 1. The maximum Gasteiger partial charge on any atom is 0.410 e. The van der Waals surface area contributed by atoms with E-state index in [0.29, 0.717) is 17.8 Å². The molecule has 2 amide bonds. The number of carbonyl (C=O) groups excluding carboxylic acids is 2. The molecule has 1 aromatic carbocycles. The van der Waals surface area contributed by atoms with Crippen LogP contribution < -0.4 is 5.32 Å². The number of carbonyl (C=O) groups is 3. The predicted molar refractivity (Wildman–Crippen MR) is 160 cm³/mol. The van der Waals surface area contributed by atoms with Crippen LogP contribution in [0, 0.1) is 24.2 Å². The monoisotopic (exact) mass is 585 g/mol. The lowest BCUT2D eigenvalue weighted by Gasteiger charge is -2.34. The zero-order valence-electron chi connectivity index (χ0n) is 25.0. The first kappa shape index (κ1) is 33.8. The van der Waals surface area contributed by atoms with Crippen molar-refractivity contribution in [1.29, 1.82) is 0 Å². The number of aliphatic carboxylic acids is 1. The largest absolute Gasteiger partial charge is 0.481 e. The number of rotatable bonds is 14. The molecule has 0 saturated heterocycles. The molecule has 1 heterocycles. The van der Waals surface area contributed by atoms with Crippen molar-refractivity contribution in [3.05, 3.63) is 52.0 Å². The summed E-state index contributed by atoms with van der Waals surface area (Å²) in [6.45, 7) is 11.1. The molecule has 2 aromatic rings. The number of ether oxygens (including phenoxy) is 2. The van der Waals surface area contributed by atoms with Gasteiger partial charge in [0.05, 0.1) is 5.92 Å². The molecule has 4 atom stereocenters. The minimum Gasteiger partial charge on any atom is -0.481 e. The molecule has 0 spiro atoms. The Bertz CT molecular complexity index is 1180. The number of benzene rings is 1. The smallest absolute Gasteiger partial charge is 0.410 e. The molecule has 2 unspecified atom stereocenters. The molecule has 0 saturated carbocycles. The second kappa shape index (κ2) is 15.5. The van der Waals surface area contributed by atoms with Crippen LogP contribution in [0.25, 0.3) is 0 Å². The van der Waals surface area contributed by atoms with Gasteiger partial charge in [-0.3, -0.25) is 9.59 Å². The van der Waals surface area contributed by atoms with Crippen LogP contribution in [0.1, 0.15) is 81.5 Å². The van der Waals surface area contributed by atoms with E-state index in [-0.39, 0.29) is 30.7 Å². The third-order valence-corrected chi connectivity index (χ3v) is 7.46. The molecule has 0 aliphatic carbocycles. The maximum atomic E-state index is 13.3. The van der Waals surface area contributed by atoms with E-state index in [4.69, 9.17) is 15.9 Å². The van der Waals surface area contributed by atoms with Gasteiger partial charge in [0, 0.05) is 30.9 Å². The number of terminal acetylenes is 1. The van der Waals surface area contributed by atoms with Gasteiger partial charge in [-0.15, -0.1) is 17.8 Å². The van der Waals surface area contributed by atoms with Crippen molar-refractivity contribution < 1.29 is 29.0 Å². The lowest BCUT2D eigenvalue weighted by molar-refractivity contribution is -0.141. The van der Waals surface area contributed by atoms with Crippen molar-refractivity contribution in [3.63, 3.8) is 0 Å². The highest BCUT2D eigenvalue weighted by atomic mass is 32.1. The molecule has 41 heavy (non-hydrogen) atoms. The number of carboxylic acids is 1. The number of nitrogens with zero attached hydrogens (tertiary/aromatic N) is 2. The fourth-order valence-corrected chi connectivity index (χ4v) is 5.23. The Morgan fingerprint density at radius 1 is 1.15 bits per heavy atom. The van der Waals surface area contributed by atoms with E-state index < -0.39 is 41.6 Å². The van der Waals surface area contributed by atoms with Crippen molar-refractivity contribution >= 4 is 29.3 Å². The van der Waals surface area contributed by atoms with Crippen molar-refractivity contribution in [1.82, 2.24) is 15.2 Å². The molecule has 2 N–H and O–H groups in total. The number of carboxylic acid groups (broad SMARTS) is 1. The molecular formula is C31H43N3O6S. The number of aromatic nitrogens is 1. The summed E-state index contributed by atoms with van der Waals surface area (Å²) in [7, 11) is 1.70. The Labute approximate surface area is 247 Å². The SMILES string of the molecule is C#CCO[C@H](C[C@H](C(C)C)N(C)C(=O)OC(C)(C)C)c1nc(C(=O)NC(Cc2ccccc2)CC(C)C(=O)O)cs1. The van der Waals surface area contributed by atoms with Gasteiger partial charge in [0.15, 0.2) is 0 Å². The van der Waals surface area contributed by atoms with Gasteiger partial charge in [-0.1, -0.05) is 57.0 Å². The molecule has 0 aliphatic rings. The van der Waals surface area contributed by atoms with Crippen LogP contribution >= 0.6 is 11.3 Å². The van der Waals surface area contributed by atoms with Gasteiger partial charge in [-0.25, -0.2) is 9.78 Å². The van der Waals surface area contributed by atoms with E-state index in [1.807, 2.05) is 65.0 Å². The van der Waals surface area contributed by atoms with Crippen LogP contribution in [0.2, 0.25) is 0 Å². The molecule has 0 fully saturated rings. The zero-order chi connectivity index (χ0) is 30.7. The molecule has 224 valence electrons. The quantitative estimate of drug-likeness (QED) is 0.278. The standard InChI is InChI=1S/C31H43N3O6S/c1-9-15-39-26(18-25(20(2)3)34(8)30(38)40-31(5,6)7)28-33-24(19-41-28)27(35)32-23(16-21(4)29(36)37)17-22-13-11-10-12-14-22/h1,10-14,19-21,23,25-26H,15-18H2,2-8H3,(H,32,35)(H,36,37)/t21?,23?,25-,26-/m1/s1. The van der Waals surface area contributed by atoms with Gasteiger partial charge >= 0.3 is 12.1 Å². The Kier molecular flexibility index (Phi) is 12.8. The van der Waals surface area contributed by atoms with Gasteiger partial charge < -0.3 is 24.8 Å². The summed E-state index contributed by atoms with van der Waals surface area (Å²) in [5.41, 5.74) is 0.567. The Morgan fingerprint density at radius 3 is 2.37 bits per heavy atom. The topological polar surface area (TPSA) is 118 Å². The van der Waals surface area contributed by atoms with E-state index in [1.165, 1.54) is 11.3 Å². The lowest BCUT2D eigenvalue weighted by atomic mass is 9.96. The molecule has 0 aliphatic heterocycles. The van der Waals surface area contributed by atoms with Crippen LogP contribution in [0.15, 0.2) is 35.7 Å². The van der Waals surface area contributed by atoms with Crippen molar-refractivity contribution in [2.24, 2.45) is 11.8 Å². The first-order valence-corrected chi connectivity index (χ1v) is 14.6. The summed E-state index contributed by atoms with van der Waals surface area (Å²) in [4.78, 5) is 43.7.